The van der Waals surface area contributed by atoms with Crippen LogP contribution in [0.3, 0.4) is 0 Å². The van der Waals surface area contributed by atoms with E-state index in [0.717, 1.165) is 0 Å². The van der Waals surface area contributed by atoms with Gasteiger partial charge in [-0.3, -0.25) is 9.59 Å². The van der Waals surface area contributed by atoms with Crippen LogP contribution in [-0.4, -0.2) is 9.97 Å². The number of hydrogen-bond acceptors (Lipinski definition) is 2. The average Bonchev–Trinajstić information content (AvgIpc) is 2.21. The number of rotatable bonds is 0. The monoisotopic (exact) mass is 266 g/mol. The number of H-pyrrole nitrogens is 2. The molecule has 0 saturated heterocycles. The standard InChI is InChI=1S/C9H3F5N2O2/c10-2-1-3-6(16-8(18)7(17)15-3)4(5(2)11)9(12,13)14/h1H,(H,15,17)(H,16,18). The first-order chi connectivity index (χ1) is 8.21. The van der Waals surface area contributed by atoms with E-state index >= 15 is 0 Å². The molecule has 0 fully saturated rings. The van der Waals surface area contributed by atoms with E-state index in [0.29, 0.717) is 6.07 Å². The molecule has 1 aromatic carbocycles. The fourth-order valence-corrected chi connectivity index (χ4v) is 1.47. The molecule has 96 valence electrons. The molecule has 2 aromatic rings. The van der Waals surface area contributed by atoms with Crippen molar-refractivity contribution < 1.29 is 22.0 Å². The van der Waals surface area contributed by atoms with E-state index in [2.05, 4.69) is 0 Å². The first-order valence-corrected chi connectivity index (χ1v) is 4.43. The minimum absolute atomic E-state index is 0.358. The lowest BCUT2D eigenvalue weighted by Crippen LogP contribution is -2.30. The summed E-state index contributed by atoms with van der Waals surface area (Å²) in [5.41, 5.74) is -6.27. The van der Waals surface area contributed by atoms with Gasteiger partial charge in [0.05, 0.1) is 11.0 Å². The topological polar surface area (TPSA) is 65.7 Å². The van der Waals surface area contributed by atoms with Crippen LogP contribution in [-0.2, 0) is 6.18 Å². The Balaban J connectivity index is 3.07. The second kappa shape index (κ2) is 3.65. The largest absolute Gasteiger partial charge is 0.421 e. The molecule has 0 aliphatic carbocycles. The summed E-state index contributed by atoms with van der Waals surface area (Å²) >= 11 is 0. The first kappa shape index (κ1) is 12.3. The van der Waals surface area contributed by atoms with Gasteiger partial charge in [-0.05, 0) is 0 Å². The second-order valence-corrected chi connectivity index (χ2v) is 3.38. The van der Waals surface area contributed by atoms with Crippen molar-refractivity contribution in [2.75, 3.05) is 0 Å². The van der Waals surface area contributed by atoms with E-state index < -0.39 is 45.5 Å². The van der Waals surface area contributed by atoms with Gasteiger partial charge in [-0.1, -0.05) is 0 Å². The molecule has 4 nitrogen and oxygen atoms in total. The zero-order chi connectivity index (χ0) is 13.7. The third-order valence-corrected chi connectivity index (χ3v) is 2.20. The Hall–Kier alpha value is -2.19. The molecule has 2 rings (SSSR count). The van der Waals surface area contributed by atoms with Gasteiger partial charge in [-0.25, -0.2) is 8.78 Å². The van der Waals surface area contributed by atoms with Gasteiger partial charge in [0.15, 0.2) is 11.6 Å². The maximum atomic E-state index is 13.2. The van der Waals surface area contributed by atoms with E-state index in [1.54, 1.807) is 9.97 Å². The molecular weight excluding hydrogens is 263 g/mol. The van der Waals surface area contributed by atoms with Crippen molar-refractivity contribution in [2.24, 2.45) is 0 Å². The summed E-state index contributed by atoms with van der Waals surface area (Å²) in [6.07, 6.45) is -5.22. The van der Waals surface area contributed by atoms with Crippen LogP contribution in [0.15, 0.2) is 15.7 Å². The predicted octanol–water partition coefficient (Wildman–Crippen LogP) is 1.51. The minimum atomic E-state index is -5.22. The number of aromatic nitrogens is 2. The van der Waals surface area contributed by atoms with Crippen LogP contribution in [0.5, 0.6) is 0 Å². The predicted molar refractivity (Wildman–Crippen MR) is 50.1 cm³/mol. The van der Waals surface area contributed by atoms with E-state index in [9.17, 15) is 31.5 Å². The number of fused-ring (bicyclic) bond motifs is 1. The Morgan fingerprint density at radius 3 is 2.11 bits per heavy atom. The molecule has 0 radical (unpaired) electrons. The summed E-state index contributed by atoms with van der Waals surface area (Å²) in [7, 11) is 0. The number of halogens is 5. The first-order valence-electron chi connectivity index (χ1n) is 4.43. The van der Waals surface area contributed by atoms with Gasteiger partial charge in [-0.15, -0.1) is 0 Å². The van der Waals surface area contributed by atoms with Gasteiger partial charge >= 0.3 is 17.3 Å². The van der Waals surface area contributed by atoms with E-state index in [1.807, 2.05) is 0 Å². The Morgan fingerprint density at radius 1 is 1.00 bits per heavy atom. The van der Waals surface area contributed by atoms with Crippen LogP contribution in [0.2, 0.25) is 0 Å². The summed E-state index contributed by atoms with van der Waals surface area (Å²) in [5.74, 6) is -3.92. The van der Waals surface area contributed by atoms with Gasteiger partial charge in [0.25, 0.3) is 0 Å². The fraction of sp³-hybridized carbons (Fsp3) is 0.111. The highest BCUT2D eigenvalue weighted by molar-refractivity contribution is 5.78. The molecule has 0 aliphatic heterocycles. The van der Waals surface area contributed by atoms with Gasteiger partial charge < -0.3 is 9.97 Å². The third-order valence-electron chi connectivity index (χ3n) is 2.20. The van der Waals surface area contributed by atoms with Crippen molar-refractivity contribution in [2.45, 2.75) is 6.18 Å². The van der Waals surface area contributed by atoms with Crippen LogP contribution < -0.4 is 11.1 Å². The average molecular weight is 266 g/mol. The Kier molecular flexibility index (Phi) is 2.49. The minimum Gasteiger partial charge on any atom is -0.316 e. The highest BCUT2D eigenvalue weighted by atomic mass is 19.4. The molecule has 0 spiro atoms. The molecule has 0 amide bonds. The maximum absolute atomic E-state index is 13.2. The van der Waals surface area contributed by atoms with Gasteiger partial charge in [0.2, 0.25) is 0 Å². The van der Waals surface area contributed by atoms with Crippen molar-refractivity contribution in [3.63, 3.8) is 0 Å². The molecule has 18 heavy (non-hydrogen) atoms. The third kappa shape index (κ3) is 1.77. The quantitative estimate of drug-likeness (QED) is 0.560. The van der Waals surface area contributed by atoms with Gasteiger partial charge in [0.1, 0.15) is 5.56 Å². The normalized spacial score (nSPS) is 12.1. The van der Waals surface area contributed by atoms with E-state index in [4.69, 9.17) is 0 Å². The number of nitrogens with one attached hydrogen (secondary N) is 2. The van der Waals surface area contributed by atoms with Crippen LogP contribution >= 0.6 is 0 Å². The number of aromatic amines is 2. The number of alkyl halides is 3. The molecule has 0 aliphatic rings. The Bertz CT molecular complexity index is 743. The molecule has 0 atom stereocenters. The number of benzene rings is 1. The smallest absolute Gasteiger partial charge is 0.316 e. The van der Waals surface area contributed by atoms with E-state index in [-0.39, 0.29) is 0 Å². The van der Waals surface area contributed by atoms with Gasteiger partial charge in [-0.2, -0.15) is 13.2 Å². The van der Waals surface area contributed by atoms with Crippen molar-refractivity contribution >= 4 is 11.0 Å². The molecule has 1 aromatic heterocycles. The van der Waals surface area contributed by atoms with Gasteiger partial charge in [0, 0.05) is 6.07 Å². The number of hydrogen-bond donors (Lipinski definition) is 2. The molecule has 0 bridgehead atoms. The van der Waals surface area contributed by atoms with Crippen molar-refractivity contribution in [3.05, 3.63) is 44.0 Å². The van der Waals surface area contributed by atoms with Crippen LogP contribution in [0, 0.1) is 11.6 Å². The van der Waals surface area contributed by atoms with Crippen LogP contribution in [0.1, 0.15) is 5.56 Å². The molecule has 0 unspecified atom stereocenters. The SMILES string of the molecule is O=c1[nH]c2cc(F)c(F)c(C(F)(F)F)c2[nH]c1=O. The summed E-state index contributed by atoms with van der Waals surface area (Å²) in [5, 5.41) is 0. The lowest BCUT2D eigenvalue weighted by Gasteiger charge is -2.11. The molecular formula is C9H3F5N2O2. The molecule has 0 saturated carbocycles. The molecule has 1 heterocycles. The highest BCUT2D eigenvalue weighted by Crippen LogP contribution is 2.35. The zero-order valence-corrected chi connectivity index (χ0v) is 8.28. The summed E-state index contributed by atoms with van der Waals surface area (Å²) in [4.78, 5) is 25.1. The summed E-state index contributed by atoms with van der Waals surface area (Å²) < 4.78 is 63.8. The summed E-state index contributed by atoms with van der Waals surface area (Å²) in [6.45, 7) is 0. The highest BCUT2D eigenvalue weighted by Gasteiger charge is 2.38. The zero-order valence-electron chi connectivity index (χ0n) is 8.28. The molecule has 9 heteroatoms. The van der Waals surface area contributed by atoms with Crippen LogP contribution in [0.4, 0.5) is 22.0 Å². The molecule has 2 N–H and O–H groups in total. The second-order valence-electron chi connectivity index (χ2n) is 3.38. The maximum Gasteiger partial charge on any atom is 0.421 e. The van der Waals surface area contributed by atoms with Crippen molar-refractivity contribution in [1.29, 1.82) is 0 Å². The Labute approximate surface area is 94.1 Å². The summed E-state index contributed by atoms with van der Waals surface area (Å²) in [6, 6.07) is 0.358. The lowest BCUT2D eigenvalue weighted by molar-refractivity contribution is -0.139. The van der Waals surface area contributed by atoms with Crippen LogP contribution in [0.25, 0.3) is 11.0 Å². The fourth-order valence-electron chi connectivity index (χ4n) is 1.47. The Morgan fingerprint density at radius 2 is 1.56 bits per heavy atom. The van der Waals surface area contributed by atoms with Crippen molar-refractivity contribution in [3.8, 4) is 0 Å². The van der Waals surface area contributed by atoms with E-state index in [1.165, 1.54) is 0 Å². The van der Waals surface area contributed by atoms with Crippen molar-refractivity contribution in [1.82, 2.24) is 9.97 Å². The lowest BCUT2D eigenvalue weighted by atomic mass is 10.1.